The van der Waals surface area contributed by atoms with Gasteiger partial charge in [0.05, 0.1) is 12.6 Å². The molecule has 4 saturated carbocycles. The van der Waals surface area contributed by atoms with Crippen LogP contribution in [0, 0.1) is 23.2 Å². The van der Waals surface area contributed by atoms with Crippen LogP contribution in [0.2, 0.25) is 0 Å². The van der Waals surface area contributed by atoms with Crippen LogP contribution >= 0.6 is 0 Å². The summed E-state index contributed by atoms with van der Waals surface area (Å²) in [5, 5.41) is 10.0. The van der Waals surface area contributed by atoms with Crippen LogP contribution in [0.4, 0.5) is 0 Å². The van der Waals surface area contributed by atoms with Gasteiger partial charge in [0.15, 0.2) is 0 Å². The number of likely N-dealkylation sites (N-methyl/N-ethyl adjacent to an activating group) is 1. The van der Waals surface area contributed by atoms with Crippen LogP contribution in [0.15, 0.2) is 30.3 Å². The van der Waals surface area contributed by atoms with Gasteiger partial charge >= 0.3 is 0 Å². The molecule has 0 radical (unpaired) electrons. The van der Waals surface area contributed by atoms with Crippen LogP contribution in [0.3, 0.4) is 0 Å². The highest BCUT2D eigenvalue weighted by molar-refractivity contribution is 5.20. The minimum Gasteiger partial charge on any atom is -0.394 e. The quantitative estimate of drug-likeness (QED) is 0.878. The zero-order chi connectivity index (χ0) is 16.0. The molecular formula is C21H31NO. The van der Waals surface area contributed by atoms with Crippen LogP contribution in [0.1, 0.15) is 57.1 Å². The fourth-order valence-corrected chi connectivity index (χ4v) is 6.54. The highest BCUT2D eigenvalue weighted by atomic mass is 16.3. The topological polar surface area (TPSA) is 23.5 Å². The molecule has 2 nitrogen and oxygen atoms in total. The zero-order valence-corrected chi connectivity index (χ0v) is 14.6. The van der Waals surface area contributed by atoms with E-state index in [4.69, 9.17) is 0 Å². The third-order valence-electron chi connectivity index (χ3n) is 7.43. The van der Waals surface area contributed by atoms with Gasteiger partial charge in [-0.1, -0.05) is 30.3 Å². The Labute approximate surface area is 140 Å². The van der Waals surface area contributed by atoms with Crippen molar-refractivity contribution in [1.29, 1.82) is 0 Å². The summed E-state index contributed by atoms with van der Waals surface area (Å²) in [6.07, 6.45) is 8.78. The minimum absolute atomic E-state index is 0.124. The van der Waals surface area contributed by atoms with Gasteiger partial charge in [0.2, 0.25) is 0 Å². The first kappa shape index (κ1) is 15.7. The molecule has 0 saturated heterocycles. The molecule has 4 aliphatic carbocycles. The number of aliphatic hydroxyl groups excluding tert-OH is 1. The maximum Gasteiger partial charge on any atom is 0.0628 e. The molecule has 0 unspecified atom stereocenters. The Morgan fingerprint density at radius 3 is 2.04 bits per heavy atom. The third-order valence-corrected chi connectivity index (χ3v) is 7.43. The summed E-state index contributed by atoms with van der Waals surface area (Å²) in [6, 6.07) is 11.2. The standard InChI is InChI=1S/C21H31NO/c1-15(22(2)20(14-23)19-6-4-3-5-7-19)21-11-16-8-17(12-21)10-18(9-16)13-21/h3-7,15-18,20,23H,8-14H2,1-2H3/t15-,16?,17?,18?,20+,21?/m1/s1. The summed E-state index contributed by atoms with van der Waals surface area (Å²) in [5.74, 6) is 2.96. The third kappa shape index (κ3) is 2.64. The Bertz CT molecular complexity index is 505. The molecule has 0 aromatic heterocycles. The largest absolute Gasteiger partial charge is 0.394 e. The predicted octanol–water partition coefficient (Wildman–Crippen LogP) is 4.26. The van der Waals surface area contributed by atoms with Gasteiger partial charge in [-0.25, -0.2) is 0 Å². The van der Waals surface area contributed by atoms with Crippen molar-refractivity contribution in [1.82, 2.24) is 4.90 Å². The van der Waals surface area contributed by atoms with E-state index in [1.807, 2.05) is 0 Å². The Balaban J connectivity index is 1.57. The van der Waals surface area contributed by atoms with Gasteiger partial charge in [-0.3, -0.25) is 4.90 Å². The lowest BCUT2D eigenvalue weighted by molar-refractivity contribution is -0.102. The van der Waals surface area contributed by atoms with Gasteiger partial charge in [0.1, 0.15) is 0 Å². The maximum atomic E-state index is 10.0. The fourth-order valence-electron chi connectivity index (χ4n) is 6.54. The Hall–Kier alpha value is -0.860. The summed E-state index contributed by atoms with van der Waals surface area (Å²) in [4.78, 5) is 2.47. The van der Waals surface area contributed by atoms with Gasteiger partial charge in [-0.05, 0) is 81.2 Å². The summed E-state index contributed by atoms with van der Waals surface area (Å²) in [5.41, 5.74) is 1.75. The molecule has 4 fully saturated rings. The average molecular weight is 313 g/mol. The van der Waals surface area contributed by atoms with E-state index in [0.717, 1.165) is 17.8 Å². The van der Waals surface area contributed by atoms with E-state index < -0.39 is 0 Å². The smallest absolute Gasteiger partial charge is 0.0628 e. The average Bonchev–Trinajstić information content (AvgIpc) is 2.54. The number of rotatable bonds is 5. The van der Waals surface area contributed by atoms with Gasteiger partial charge in [-0.2, -0.15) is 0 Å². The molecule has 4 bridgehead atoms. The molecule has 0 spiro atoms. The SMILES string of the molecule is C[C@@H](N(C)[C@@H](CO)c1ccccc1)C12CC3CC(CC(C3)C1)C2. The number of hydrogen-bond donors (Lipinski definition) is 1. The Kier molecular flexibility index (Phi) is 4.01. The molecule has 2 heteroatoms. The zero-order valence-electron chi connectivity index (χ0n) is 14.6. The number of hydrogen-bond acceptors (Lipinski definition) is 2. The van der Waals surface area contributed by atoms with Gasteiger partial charge in [-0.15, -0.1) is 0 Å². The van der Waals surface area contributed by atoms with E-state index in [0.29, 0.717) is 11.5 Å². The van der Waals surface area contributed by atoms with Crippen molar-refractivity contribution >= 4 is 0 Å². The summed E-state index contributed by atoms with van der Waals surface area (Å²) >= 11 is 0. The van der Waals surface area contributed by atoms with Gasteiger partial charge < -0.3 is 5.11 Å². The van der Waals surface area contributed by atoms with Crippen LogP contribution in [-0.4, -0.2) is 29.7 Å². The van der Waals surface area contributed by atoms with Crippen LogP contribution in [0.25, 0.3) is 0 Å². The Morgan fingerprint density at radius 1 is 1.04 bits per heavy atom. The molecule has 126 valence electrons. The number of benzene rings is 1. The van der Waals surface area contributed by atoms with Crippen LogP contribution in [0.5, 0.6) is 0 Å². The van der Waals surface area contributed by atoms with Gasteiger partial charge in [0.25, 0.3) is 0 Å². The fraction of sp³-hybridized carbons (Fsp3) is 0.714. The normalized spacial score (nSPS) is 38.0. The first-order valence-corrected chi connectivity index (χ1v) is 9.49. The van der Waals surface area contributed by atoms with Crippen molar-refractivity contribution in [2.75, 3.05) is 13.7 Å². The van der Waals surface area contributed by atoms with Gasteiger partial charge in [0, 0.05) is 6.04 Å². The molecule has 23 heavy (non-hydrogen) atoms. The molecule has 4 aliphatic rings. The van der Waals surface area contributed by atoms with E-state index in [9.17, 15) is 5.11 Å². The lowest BCUT2D eigenvalue weighted by atomic mass is 9.47. The molecule has 0 aliphatic heterocycles. The van der Waals surface area contributed by atoms with Crippen molar-refractivity contribution in [3.8, 4) is 0 Å². The molecule has 0 amide bonds. The second kappa shape index (κ2) is 5.89. The molecule has 0 heterocycles. The van der Waals surface area contributed by atoms with E-state index in [1.54, 1.807) is 0 Å². The van der Waals surface area contributed by atoms with Crippen molar-refractivity contribution in [3.63, 3.8) is 0 Å². The first-order chi connectivity index (χ1) is 11.1. The Morgan fingerprint density at radius 2 is 1.57 bits per heavy atom. The van der Waals surface area contributed by atoms with Crippen molar-refractivity contribution in [2.24, 2.45) is 23.2 Å². The van der Waals surface area contributed by atoms with E-state index in [2.05, 4.69) is 49.2 Å². The van der Waals surface area contributed by atoms with Crippen molar-refractivity contribution < 1.29 is 5.11 Å². The molecular weight excluding hydrogens is 282 g/mol. The minimum atomic E-state index is 0.124. The number of nitrogens with zero attached hydrogens (tertiary/aromatic N) is 1. The lowest BCUT2D eigenvalue weighted by Gasteiger charge is -2.60. The molecule has 1 N–H and O–H groups in total. The summed E-state index contributed by atoms with van der Waals surface area (Å²) in [6.45, 7) is 2.63. The lowest BCUT2D eigenvalue weighted by Crippen LogP contribution is -2.55. The molecule has 1 aromatic carbocycles. The van der Waals surface area contributed by atoms with E-state index >= 15 is 0 Å². The van der Waals surface area contributed by atoms with E-state index in [1.165, 1.54) is 44.1 Å². The maximum absolute atomic E-state index is 10.0. The monoisotopic (exact) mass is 313 g/mol. The van der Waals surface area contributed by atoms with Crippen LogP contribution in [-0.2, 0) is 0 Å². The van der Waals surface area contributed by atoms with Crippen molar-refractivity contribution in [3.05, 3.63) is 35.9 Å². The molecule has 5 rings (SSSR count). The highest BCUT2D eigenvalue weighted by Gasteiger charge is 2.54. The second-order valence-electron chi connectivity index (χ2n) is 8.73. The number of aliphatic hydroxyl groups is 1. The molecule has 1 aromatic rings. The summed E-state index contributed by atoms with van der Waals surface area (Å²) in [7, 11) is 2.23. The highest BCUT2D eigenvalue weighted by Crippen LogP contribution is 2.62. The predicted molar refractivity (Wildman–Crippen MR) is 94.1 cm³/mol. The second-order valence-corrected chi connectivity index (χ2v) is 8.73. The van der Waals surface area contributed by atoms with Crippen LogP contribution < -0.4 is 0 Å². The van der Waals surface area contributed by atoms with Crippen molar-refractivity contribution in [2.45, 2.75) is 57.5 Å². The molecule has 2 atom stereocenters. The first-order valence-electron chi connectivity index (χ1n) is 9.49. The van der Waals surface area contributed by atoms with E-state index in [-0.39, 0.29) is 12.6 Å². The summed E-state index contributed by atoms with van der Waals surface area (Å²) < 4.78 is 0.